The number of hydrogen-bond acceptors (Lipinski definition) is 4. The molecule has 0 aliphatic carbocycles. The number of ketones is 1. The minimum atomic E-state index is -1.10. The molecule has 0 bridgehead atoms. The molecule has 2 aromatic rings. The summed E-state index contributed by atoms with van der Waals surface area (Å²) in [6, 6.07) is 6.15. The Balaban J connectivity index is 2.49. The van der Waals surface area contributed by atoms with Gasteiger partial charge in [-0.2, -0.15) is 0 Å². The fraction of sp³-hybridized carbons (Fsp3) is 0. The number of benzene rings is 1. The summed E-state index contributed by atoms with van der Waals surface area (Å²) in [5, 5.41) is 8.95. The third-order valence-electron chi connectivity index (χ3n) is 2.06. The van der Waals surface area contributed by atoms with Gasteiger partial charge >= 0.3 is 5.97 Å². The second kappa shape index (κ2) is 4.24. The zero-order chi connectivity index (χ0) is 11.5. The zero-order valence-corrected chi connectivity index (χ0v) is 8.90. The topological polar surface area (TPSA) is 67.3 Å². The van der Waals surface area contributed by atoms with Crippen molar-refractivity contribution >= 4 is 23.1 Å². The molecule has 1 aromatic carbocycles. The third kappa shape index (κ3) is 1.85. The Morgan fingerprint density at radius 3 is 2.44 bits per heavy atom. The molecule has 0 amide bonds. The number of nitrogens with zero attached hydrogens (tertiary/aromatic N) is 1. The minimum Gasteiger partial charge on any atom is -0.478 e. The quantitative estimate of drug-likeness (QED) is 0.824. The van der Waals surface area contributed by atoms with E-state index in [1.165, 1.54) is 35.2 Å². The van der Waals surface area contributed by atoms with Gasteiger partial charge in [0.1, 0.15) is 0 Å². The first kappa shape index (κ1) is 10.5. The monoisotopic (exact) mass is 233 g/mol. The molecule has 0 spiro atoms. The van der Waals surface area contributed by atoms with Crippen LogP contribution in [0.3, 0.4) is 0 Å². The van der Waals surface area contributed by atoms with Crippen molar-refractivity contribution in [3.8, 4) is 0 Å². The lowest BCUT2D eigenvalue weighted by molar-refractivity contribution is 0.0693. The number of carboxylic acid groups (broad SMARTS) is 1. The summed E-state index contributed by atoms with van der Waals surface area (Å²) in [4.78, 5) is 27.1. The van der Waals surface area contributed by atoms with Crippen LogP contribution in [-0.2, 0) is 0 Å². The largest absolute Gasteiger partial charge is 0.478 e. The highest BCUT2D eigenvalue weighted by Gasteiger charge is 2.17. The lowest BCUT2D eigenvalue weighted by atomic mass is 10.0. The van der Waals surface area contributed by atoms with Crippen molar-refractivity contribution in [3.63, 3.8) is 0 Å². The molecule has 0 atom stereocenters. The van der Waals surface area contributed by atoms with E-state index >= 15 is 0 Å². The standard InChI is InChI=1S/C11H7NO3S/c13-10(9-5-12-6-16-9)7-3-1-2-4-8(7)11(14)15/h1-6H,(H,14,15). The predicted molar refractivity (Wildman–Crippen MR) is 58.9 cm³/mol. The lowest BCUT2D eigenvalue weighted by Gasteiger charge is -2.02. The van der Waals surface area contributed by atoms with Crippen LogP contribution in [0.4, 0.5) is 0 Å². The molecule has 1 heterocycles. The Morgan fingerprint density at radius 1 is 1.19 bits per heavy atom. The maximum Gasteiger partial charge on any atom is 0.336 e. The molecule has 1 aromatic heterocycles. The van der Waals surface area contributed by atoms with Gasteiger partial charge in [0, 0.05) is 11.8 Å². The van der Waals surface area contributed by atoms with Gasteiger partial charge in [0.2, 0.25) is 5.78 Å². The van der Waals surface area contributed by atoms with Crippen molar-refractivity contribution in [2.24, 2.45) is 0 Å². The van der Waals surface area contributed by atoms with Crippen molar-refractivity contribution in [3.05, 3.63) is 52.0 Å². The van der Waals surface area contributed by atoms with E-state index < -0.39 is 5.97 Å². The Labute approximate surface area is 95.2 Å². The van der Waals surface area contributed by atoms with E-state index in [2.05, 4.69) is 4.98 Å². The van der Waals surface area contributed by atoms with Crippen LogP contribution in [0.15, 0.2) is 36.0 Å². The van der Waals surface area contributed by atoms with Crippen molar-refractivity contribution < 1.29 is 14.7 Å². The molecule has 80 valence electrons. The highest BCUT2D eigenvalue weighted by Crippen LogP contribution is 2.17. The molecule has 16 heavy (non-hydrogen) atoms. The Kier molecular flexibility index (Phi) is 2.78. The normalized spacial score (nSPS) is 10.0. The van der Waals surface area contributed by atoms with E-state index in [4.69, 9.17) is 5.11 Å². The SMILES string of the molecule is O=C(O)c1ccccc1C(=O)c1cncs1. The Morgan fingerprint density at radius 2 is 1.88 bits per heavy atom. The number of carbonyl (C=O) groups excluding carboxylic acids is 1. The van der Waals surface area contributed by atoms with Gasteiger partial charge in [-0.25, -0.2) is 4.79 Å². The number of hydrogen-bond donors (Lipinski definition) is 1. The molecule has 0 aliphatic rings. The van der Waals surface area contributed by atoms with E-state index in [-0.39, 0.29) is 16.9 Å². The lowest BCUT2D eigenvalue weighted by Crippen LogP contribution is -2.08. The first-order chi connectivity index (χ1) is 7.70. The van der Waals surface area contributed by atoms with Crippen LogP contribution in [0.25, 0.3) is 0 Å². The smallest absolute Gasteiger partial charge is 0.336 e. The van der Waals surface area contributed by atoms with E-state index in [0.29, 0.717) is 4.88 Å². The molecule has 1 N–H and O–H groups in total. The van der Waals surface area contributed by atoms with Gasteiger partial charge in [0.25, 0.3) is 0 Å². The van der Waals surface area contributed by atoms with Crippen LogP contribution < -0.4 is 0 Å². The van der Waals surface area contributed by atoms with Gasteiger partial charge in [-0.15, -0.1) is 11.3 Å². The van der Waals surface area contributed by atoms with E-state index in [9.17, 15) is 9.59 Å². The van der Waals surface area contributed by atoms with E-state index in [1.54, 1.807) is 12.1 Å². The van der Waals surface area contributed by atoms with Crippen LogP contribution in [0, 0.1) is 0 Å². The average Bonchev–Trinajstić information content (AvgIpc) is 2.81. The second-order valence-electron chi connectivity index (χ2n) is 3.05. The van der Waals surface area contributed by atoms with Gasteiger partial charge in [-0.05, 0) is 6.07 Å². The molecule has 0 unspecified atom stereocenters. The number of carbonyl (C=O) groups is 2. The number of rotatable bonds is 3. The molecule has 4 nitrogen and oxygen atoms in total. The Hall–Kier alpha value is -2.01. The van der Waals surface area contributed by atoms with Crippen molar-refractivity contribution in [2.75, 3.05) is 0 Å². The van der Waals surface area contributed by atoms with Crippen molar-refractivity contribution in [2.45, 2.75) is 0 Å². The summed E-state index contributed by atoms with van der Waals surface area (Å²) in [6.07, 6.45) is 1.44. The molecule has 0 radical (unpaired) electrons. The van der Waals surface area contributed by atoms with Crippen LogP contribution in [0.2, 0.25) is 0 Å². The van der Waals surface area contributed by atoms with Gasteiger partial charge in [0.05, 0.1) is 16.0 Å². The summed E-state index contributed by atoms with van der Waals surface area (Å²) in [6.45, 7) is 0. The van der Waals surface area contributed by atoms with Crippen LogP contribution in [0.1, 0.15) is 25.6 Å². The summed E-state index contributed by atoms with van der Waals surface area (Å²) in [5.41, 5.74) is 1.75. The molecule has 0 fully saturated rings. The number of aromatic carboxylic acids is 1. The maximum atomic E-state index is 11.9. The summed E-state index contributed by atoms with van der Waals surface area (Å²) in [5.74, 6) is -1.41. The van der Waals surface area contributed by atoms with Crippen molar-refractivity contribution in [1.29, 1.82) is 0 Å². The highest BCUT2D eigenvalue weighted by atomic mass is 32.1. The fourth-order valence-corrected chi connectivity index (χ4v) is 1.90. The number of aromatic nitrogens is 1. The van der Waals surface area contributed by atoms with Crippen LogP contribution in [-0.4, -0.2) is 21.8 Å². The van der Waals surface area contributed by atoms with Crippen LogP contribution in [0.5, 0.6) is 0 Å². The van der Waals surface area contributed by atoms with Crippen molar-refractivity contribution in [1.82, 2.24) is 4.98 Å². The molecule has 0 saturated heterocycles. The molecular weight excluding hydrogens is 226 g/mol. The van der Waals surface area contributed by atoms with E-state index in [1.807, 2.05) is 0 Å². The third-order valence-corrected chi connectivity index (χ3v) is 2.83. The van der Waals surface area contributed by atoms with Crippen LogP contribution >= 0.6 is 11.3 Å². The van der Waals surface area contributed by atoms with Gasteiger partial charge in [-0.1, -0.05) is 18.2 Å². The average molecular weight is 233 g/mol. The maximum absolute atomic E-state index is 11.9. The second-order valence-corrected chi connectivity index (χ2v) is 3.93. The first-order valence-electron chi connectivity index (χ1n) is 4.45. The Bertz CT molecular complexity index is 534. The molecule has 2 rings (SSSR count). The van der Waals surface area contributed by atoms with Gasteiger partial charge in [-0.3, -0.25) is 9.78 Å². The summed E-state index contributed by atoms with van der Waals surface area (Å²) < 4.78 is 0. The van der Waals surface area contributed by atoms with Gasteiger partial charge in [0.15, 0.2) is 0 Å². The molecule has 0 aliphatic heterocycles. The number of thiazole rings is 1. The molecule has 5 heteroatoms. The summed E-state index contributed by atoms with van der Waals surface area (Å²) >= 11 is 1.19. The van der Waals surface area contributed by atoms with E-state index in [0.717, 1.165) is 0 Å². The minimum absolute atomic E-state index is 0.0147. The number of carboxylic acids is 1. The molecule has 0 saturated carbocycles. The fourth-order valence-electron chi connectivity index (χ4n) is 1.33. The first-order valence-corrected chi connectivity index (χ1v) is 5.33. The van der Waals surface area contributed by atoms with Gasteiger partial charge < -0.3 is 5.11 Å². The summed E-state index contributed by atoms with van der Waals surface area (Å²) in [7, 11) is 0. The highest BCUT2D eigenvalue weighted by molar-refractivity contribution is 7.11. The predicted octanol–water partition coefficient (Wildman–Crippen LogP) is 2.07. The zero-order valence-electron chi connectivity index (χ0n) is 8.08. The molecular formula is C11H7NO3S.